The Bertz CT molecular complexity index is 1860. The van der Waals surface area contributed by atoms with Crippen LogP contribution in [-0.2, 0) is 6.61 Å². The van der Waals surface area contributed by atoms with Crippen molar-refractivity contribution in [3.63, 3.8) is 0 Å². The Hall–Kier alpha value is -5.16. The molecule has 0 bridgehead atoms. The second-order valence-corrected chi connectivity index (χ2v) is 9.65. The van der Waals surface area contributed by atoms with Crippen LogP contribution in [0, 0.1) is 13.8 Å². The lowest BCUT2D eigenvalue weighted by Crippen LogP contribution is -1.94. The van der Waals surface area contributed by atoms with Crippen molar-refractivity contribution in [2.75, 3.05) is 0 Å². The van der Waals surface area contributed by atoms with Crippen molar-refractivity contribution >= 4 is 22.2 Å². The number of ether oxygens (including phenoxy) is 1. The van der Waals surface area contributed by atoms with E-state index in [1.54, 1.807) is 0 Å². The Morgan fingerprint density at radius 2 is 0.977 bits per heavy atom. The molecule has 5 heteroatoms. The van der Waals surface area contributed by atoms with Gasteiger partial charge in [0.1, 0.15) is 23.4 Å². The van der Waals surface area contributed by atoms with E-state index in [0.717, 1.165) is 44.6 Å². The van der Waals surface area contributed by atoms with Gasteiger partial charge in [0.25, 0.3) is 0 Å². The van der Waals surface area contributed by atoms with Crippen molar-refractivity contribution in [1.29, 1.82) is 0 Å². The molecule has 0 amide bonds. The lowest BCUT2D eigenvalue weighted by Gasteiger charge is -2.06. The minimum atomic E-state index is 0.558. The minimum Gasteiger partial charge on any atom is -0.489 e. The summed E-state index contributed by atoms with van der Waals surface area (Å²) in [5, 5.41) is 0. The molecule has 0 radical (unpaired) electrons. The maximum Gasteiger partial charge on any atom is 0.227 e. The number of hydrogen-bond acceptors (Lipinski definition) is 5. The van der Waals surface area contributed by atoms with Crippen LogP contribution in [0.3, 0.4) is 0 Å². The highest BCUT2D eigenvalue weighted by atomic mass is 16.5. The van der Waals surface area contributed by atoms with Crippen LogP contribution in [0.25, 0.3) is 45.1 Å². The highest BCUT2D eigenvalue weighted by molar-refractivity contribution is 5.77. The molecular formula is C39H40N2O3. The van der Waals surface area contributed by atoms with Gasteiger partial charge in [-0.3, -0.25) is 0 Å². The van der Waals surface area contributed by atoms with Gasteiger partial charge in [-0.15, -0.1) is 0 Å². The Kier molecular flexibility index (Phi) is 11.5. The van der Waals surface area contributed by atoms with Crippen LogP contribution in [0.15, 0.2) is 130 Å². The minimum absolute atomic E-state index is 0.558. The van der Waals surface area contributed by atoms with E-state index in [9.17, 15) is 0 Å². The molecule has 0 aliphatic carbocycles. The van der Waals surface area contributed by atoms with E-state index in [-0.39, 0.29) is 0 Å². The molecule has 0 aliphatic rings. The Labute approximate surface area is 260 Å². The molecule has 0 saturated carbocycles. The van der Waals surface area contributed by atoms with E-state index in [2.05, 4.69) is 29.0 Å². The maximum atomic E-state index is 5.83. The van der Waals surface area contributed by atoms with Crippen molar-refractivity contribution in [3.8, 4) is 28.7 Å². The predicted octanol–water partition coefficient (Wildman–Crippen LogP) is 11.2. The van der Waals surface area contributed by atoms with E-state index in [1.807, 2.05) is 144 Å². The molecule has 0 aliphatic heterocycles. The highest BCUT2D eigenvalue weighted by Crippen LogP contribution is 2.27. The van der Waals surface area contributed by atoms with Gasteiger partial charge in [0, 0.05) is 11.1 Å². The molecule has 0 atom stereocenters. The number of benzene rings is 5. The second kappa shape index (κ2) is 15.9. The van der Waals surface area contributed by atoms with E-state index < -0.39 is 0 Å². The second-order valence-electron chi connectivity index (χ2n) is 9.65. The van der Waals surface area contributed by atoms with Crippen molar-refractivity contribution in [1.82, 2.24) is 9.97 Å². The quantitative estimate of drug-likeness (QED) is 0.201. The third-order valence-corrected chi connectivity index (χ3v) is 6.46. The van der Waals surface area contributed by atoms with Gasteiger partial charge < -0.3 is 13.6 Å². The van der Waals surface area contributed by atoms with Crippen LogP contribution < -0.4 is 4.74 Å². The number of oxazole rings is 2. The number of aromatic nitrogens is 2. The zero-order chi connectivity index (χ0) is 31.3. The standard InChI is InChI=1S/C21H17NO2.C14H11NO.2C2H6/c1-15-7-12-20-19(13-15)22-21(24-20)17-8-10-18(11-9-17)23-14-16-5-3-2-4-6-16;1-10-7-8-13-12(9-10)15-14(16-13)11-5-3-2-4-6-11;2*1-2/h2-13H,14H2,1H3;2-9H,1H3;2*1-2H3. The lowest BCUT2D eigenvalue weighted by molar-refractivity contribution is 0.306. The molecule has 0 unspecified atom stereocenters. The summed E-state index contributed by atoms with van der Waals surface area (Å²) in [6.45, 7) is 12.7. The highest BCUT2D eigenvalue weighted by Gasteiger charge is 2.09. The predicted molar refractivity (Wildman–Crippen MR) is 182 cm³/mol. The van der Waals surface area contributed by atoms with E-state index in [1.165, 1.54) is 11.1 Å². The Morgan fingerprint density at radius 1 is 0.523 bits per heavy atom. The van der Waals surface area contributed by atoms with Crippen LogP contribution >= 0.6 is 0 Å². The van der Waals surface area contributed by atoms with E-state index in [0.29, 0.717) is 18.4 Å². The molecule has 44 heavy (non-hydrogen) atoms. The zero-order valence-corrected chi connectivity index (χ0v) is 26.4. The van der Waals surface area contributed by atoms with Crippen LogP contribution in [0.1, 0.15) is 44.4 Å². The summed E-state index contributed by atoms with van der Waals surface area (Å²) < 4.78 is 17.3. The summed E-state index contributed by atoms with van der Waals surface area (Å²) in [5.74, 6) is 2.14. The van der Waals surface area contributed by atoms with Gasteiger partial charge in [0.05, 0.1) is 0 Å². The van der Waals surface area contributed by atoms with Crippen LogP contribution in [0.5, 0.6) is 5.75 Å². The topological polar surface area (TPSA) is 61.3 Å². The number of nitrogens with zero attached hydrogens (tertiary/aromatic N) is 2. The fourth-order valence-electron chi connectivity index (χ4n) is 4.34. The first-order valence-corrected chi connectivity index (χ1v) is 15.2. The molecule has 2 aromatic heterocycles. The maximum absolute atomic E-state index is 5.83. The molecule has 224 valence electrons. The van der Waals surface area contributed by atoms with Crippen LogP contribution in [0.2, 0.25) is 0 Å². The summed E-state index contributed by atoms with van der Waals surface area (Å²) in [5.41, 5.74) is 8.91. The van der Waals surface area contributed by atoms with Gasteiger partial charge in [0.15, 0.2) is 11.2 Å². The first kappa shape index (κ1) is 31.8. The molecule has 0 N–H and O–H groups in total. The fourth-order valence-corrected chi connectivity index (χ4v) is 4.34. The molecule has 0 fully saturated rings. The summed E-state index contributed by atoms with van der Waals surface area (Å²) in [7, 11) is 0. The molecule has 5 nitrogen and oxygen atoms in total. The molecule has 7 rings (SSSR count). The largest absolute Gasteiger partial charge is 0.489 e. The average Bonchev–Trinajstić information content (AvgIpc) is 3.71. The van der Waals surface area contributed by atoms with Gasteiger partial charge in [-0.1, -0.05) is 88.4 Å². The van der Waals surface area contributed by atoms with Gasteiger partial charge in [0.2, 0.25) is 11.8 Å². The Balaban J connectivity index is 0.000000192. The smallest absolute Gasteiger partial charge is 0.227 e. The first-order chi connectivity index (χ1) is 21.6. The van der Waals surface area contributed by atoms with Crippen molar-refractivity contribution in [3.05, 3.63) is 138 Å². The zero-order valence-electron chi connectivity index (χ0n) is 26.4. The van der Waals surface area contributed by atoms with Crippen LogP contribution in [-0.4, -0.2) is 9.97 Å². The third-order valence-electron chi connectivity index (χ3n) is 6.46. The van der Waals surface area contributed by atoms with Crippen molar-refractivity contribution < 1.29 is 13.6 Å². The molecule has 0 saturated heterocycles. The molecule has 7 aromatic rings. The Morgan fingerprint density at radius 3 is 1.48 bits per heavy atom. The SMILES string of the molecule is CC.CC.Cc1ccc2oc(-c3ccc(OCc4ccccc4)cc3)nc2c1.Cc1ccc2oc(-c3ccccc3)nc2c1. The fraction of sp³-hybridized carbons (Fsp3) is 0.179. The number of rotatable bonds is 5. The molecular weight excluding hydrogens is 544 g/mol. The van der Waals surface area contributed by atoms with Crippen molar-refractivity contribution in [2.24, 2.45) is 0 Å². The monoisotopic (exact) mass is 584 g/mol. The van der Waals surface area contributed by atoms with E-state index in [4.69, 9.17) is 13.6 Å². The van der Waals surface area contributed by atoms with Crippen LogP contribution in [0.4, 0.5) is 0 Å². The summed E-state index contributed by atoms with van der Waals surface area (Å²) >= 11 is 0. The van der Waals surface area contributed by atoms with Crippen molar-refractivity contribution in [2.45, 2.75) is 48.1 Å². The number of aryl methyl sites for hydroxylation is 2. The van der Waals surface area contributed by atoms with Gasteiger partial charge in [-0.2, -0.15) is 0 Å². The number of hydrogen-bond donors (Lipinski definition) is 0. The molecule has 5 aromatic carbocycles. The first-order valence-electron chi connectivity index (χ1n) is 15.2. The lowest BCUT2D eigenvalue weighted by atomic mass is 10.2. The normalized spacial score (nSPS) is 10.1. The van der Waals surface area contributed by atoms with E-state index >= 15 is 0 Å². The number of fused-ring (bicyclic) bond motifs is 2. The summed E-state index contributed by atoms with van der Waals surface area (Å²) in [6.07, 6.45) is 0. The molecule has 2 heterocycles. The van der Waals surface area contributed by atoms with Gasteiger partial charge in [-0.05, 0) is 91.2 Å². The van der Waals surface area contributed by atoms with Gasteiger partial charge >= 0.3 is 0 Å². The average molecular weight is 585 g/mol. The summed E-state index contributed by atoms with van der Waals surface area (Å²) in [4.78, 5) is 9.04. The molecule has 0 spiro atoms. The van der Waals surface area contributed by atoms with Gasteiger partial charge in [-0.25, -0.2) is 9.97 Å². The summed E-state index contributed by atoms with van der Waals surface area (Å²) in [6, 6.07) is 39.9. The third kappa shape index (κ3) is 8.23.